The Morgan fingerprint density at radius 2 is 1.54 bits per heavy atom. The average Bonchev–Trinajstić information content (AvgIpc) is 2.88. The molecule has 2 aromatic rings. The molecule has 3 rings (SSSR count). The number of carbonyl (C=O) groups is 1. The van der Waals surface area contributed by atoms with E-state index in [0.29, 0.717) is 0 Å². The van der Waals surface area contributed by atoms with Gasteiger partial charge in [-0.15, -0.1) is 0 Å². The summed E-state index contributed by atoms with van der Waals surface area (Å²) < 4.78 is 10.5. The van der Waals surface area contributed by atoms with Gasteiger partial charge in [-0.05, 0) is 12.1 Å². The summed E-state index contributed by atoms with van der Waals surface area (Å²) in [7, 11) is 0. The molecule has 1 aliphatic heterocycles. The normalized spacial score (nSPS) is 24.2. The lowest BCUT2D eigenvalue weighted by molar-refractivity contribution is -0.116. The Bertz CT molecular complexity index is 876. The van der Waals surface area contributed by atoms with E-state index in [1.54, 1.807) is 0 Å². The zero-order valence-electron chi connectivity index (χ0n) is 14.3. The summed E-state index contributed by atoms with van der Waals surface area (Å²) in [5.41, 5.74) is -0.634. The van der Waals surface area contributed by atoms with Crippen LogP contribution < -0.4 is 4.74 Å². The van der Waals surface area contributed by atoms with Crippen LogP contribution in [0.3, 0.4) is 0 Å². The first-order valence-electron chi connectivity index (χ1n) is 8.14. The van der Waals surface area contributed by atoms with Crippen molar-refractivity contribution in [1.82, 2.24) is 0 Å². The fourth-order valence-corrected chi connectivity index (χ4v) is 2.87. The molecule has 10 nitrogen and oxygen atoms in total. The molecule has 2 aromatic carbocycles. The summed E-state index contributed by atoms with van der Waals surface area (Å²) in [4.78, 5) is 12.8. The Kier molecular flexibility index (Phi) is 5.29. The van der Waals surface area contributed by atoms with Crippen molar-refractivity contribution in [3.05, 3.63) is 41.5 Å². The van der Waals surface area contributed by atoms with E-state index in [2.05, 4.69) is 0 Å². The molecule has 0 saturated carbocycles. The summed E-state index contributed by atoms with van der Waals surface area (Å²) in [6.45, 7) is -0.599. The van der Waals surface area contributed by atoms with Gasteiger partial charge in [-0.2, -0.15) is 0 Å². The van der Waals surface area contributed by atoms with Gasteiger partial charge in [0.1, 0.15) is 52.6 Å². The minimum Gasteiger partial charge on any atom is -0.508 e. The van der Waals surface area contributed by atoms with Crippen LogP contribution in [0.2, 0.25) is 0 Å². The van der Waals surface area contributed by atoms with Gasteiger partial charge < -0.3 is 45.2 Å². The van der Waals surface area contributed by atoms with Crippen molar-refractivity contribution in [2.24, 2.45) is 0 Å². The van der Waals surface area contributed by atoms with Gasteiger partial charge in [0.2, 0.25) is 12.1 Å². The SMILES string of the molecule is O=C(c1cc(O)cc(O)c1)c1c(O)cc(O)cc1OC1OC(CO)C(O)C1O. The molecular weight excluding hydrogens is 376 g/mol. The van der Waals surface area contributed by atoms with Crippen LogP contribution in [0.1, 0.15) is 15.9 Å². The molecule has 0 aliphatic carbocycles. The number of hydrogen-bond acceptors (Lipinski definition) is 10. The quantitative estimate of drug-likeness (QED) is 0.329. The molecule has 1 heterocycles. The number of carbonyl (C=O) groups excluding carboxylic acids is 1. The third-order valence-corrected chi connectivity index (χ3v) is 4.20. The van der Waals surface area contributed by atoms with Crippen molar-refractivity contribution in [3.8, 4) is 28.7 Å². The van der Waals surface area contributed by atoms with E-state index in [-0.39, 0.29) is 11.3 Å². The molecule has 28 heavy (non-hydrogen) atoms. The van der Waals surface area contributed by atoms with Crippen molar-refractivity contribution >= 4 is 5.78 Å². The van der Waals surface area contributed by atoms with E-state index in [0.717, 1.165) is 30.3 Å². The Labute approximate surface area is 158 Å². The van der Waals surface area contributed by atoms with Gasteiger partial charge in [-0.3, -0.25) is 4.79 Å². The molecule has 1 aliphatic rings. The van der Waals surface area contributed by atoms with E-state index < -0.39 is 65.6 Å². The lowest BCUT2D eigenvalue weighted by Gasteiger charge is -2.19. The third kappa shape index (κ3) is 3.66. The number of rotatable bonds is 5. The van der Waals surface area contributed by atoms with Crippen molar-refractivity contribution in [3.63, 3.8) is 0 Å². The first-order valence-corrected chi connectivity index (χ1v) is 8.14. The van der Waals surface area contributed by atoms with Crippen LogP contribution in [0.25, 0.3) is 0 Å². The fraction of sp³-hybridized carbons (Fsp3) is 0.278. The van der Waals surface area contributed by atoms with Gasteiger partial charge in [0.05, 0.1) is 6.61 Å². The summed E-state index contributed by atoms with van der Waals surface area (Å²) in [6.07, 6.45) is -5.66. The molecular formula is C18H18O10. The Morgan fingerprint density at radius 1 is 0.929 bits per heavy atom. The molecule has 4 atom stereocenters. The maximum atomic E-state index is 12.8. The molecule has 1 fully saturated rings. The largest absolute Gasteiger partial charge is 0.508 e. The third-order valence-electron chi connectivity index (χ3n) is 4.20. The first kappa shape index (κ1) is 19.7. The van der Waals surface area contributed by atoms with Crippen LogP contribution >= 0.6 is 0 Å². The molecule has 0 spiro atoms. The van der Waals surface area contributed by atoms with Crippen molar-refractivity contribution < 1.29 is 50.0 Å². The zero-order chi connectivity index (χ0) is 20.6. The number of phenolic OH excluding ortho intramolecular Hbond substituents is 4. The lowest BCUT2D eigenvalue weighted by atomic mass is 10.0. The average molecular weight is 394 g/mol. The van der Waals surface area contributed by atoms with E-state index in [4.69, 9.17) is 14.6 Å². The maximum absolute atomic E-state index is 12.8. The number of hydrogen-bond donors (Lipinski definition) is 7. The van der Waals surface area contributed by atoms with Crippen LogP contribution in [0, 0.1) is 0 Å². The first-order chi connectivity index (χ1) is 13.2. The second-order valence-corrected chi connectivity index (χ2v) is 6.23. The van der Waals surface area contributed by atoms with Gasteiger partial charge in [-0.1, -0.05) is 0 Å². The number of benzene rings is 2. The van der Waals surface area contributed by atoms with Gasteiger partial charge in [0, 0.05) is 23.8 Å². The van der Waals surface area contributed by atoms with Gasteiger partial charge in [0.25, 0.3) is 0 Å². The molecule has 0 radical (unpaired) electrons. The Hall–Kier alpha value is -3.05. The summed E-state index contributed by atoms with van der Waals surface area (Å²) in [5, 5.41) is 67.9. The Morgan fingerprint density at radius 3 is 2.11 bits per heavy atom. The topological polar surface area (TPSA) is 177 Å². The highest BCUT2D eigenvalue weighted by Crippen LogP contribution is 2.37. The van der Waals surface area contributed by atoms with Crippen LogP contribution in [-0.4, -0.2) is 72.7 Å². The molecule has 7 N–H and O–H groups in total. The van der Waals surface area contributed by atoms with E-state index in [9.17, 15) is 35.4 Å². The van der Waals surface area contributed by atoms with E-state index in [1.807, 2.05) is 0 Å². The molecule has 0 amide bonds. The molecule has 1 saturated heterocycles. The van der Waals surface area contributed by atoms with Gasteiger partial charge >= 0.3 is 0 Å². The van der Waals surface area contributed by atoms with Crippen molar-refractivity contribution in [2.45, 2.75) is 24.6 Å². The number of aromatic hydroxyl groups is 4. The number of aliphatic hydroxyl groups excluding tert-OH is 3. The van der Waals surface area contributed by atoms with Crippen LogP contribution in [-0.2, 0) is 4.74 Å². The molecule has 10 heteroatoms. The second-order valence-electron chi connectivity index (χ2n) is 6.23. The Balaban J connectivity index is 2.00. The lowest BCUT2D eigenvalue weighted by Crippen LogP contribution is -2.35. The summed E-state index contributed by atoms with van der Waals surface area (Å²) in [5.74, 6) is -3.19. The summed E-state index contributed by atoms with van der Waals surface area (Å²) in [6, 6.07) is 4.95. The number of phenols is 4. The zero-order valence-corrected chi connectivity index (χ0v) is 14.3. The summed E-state index contributed by atoms with van der Waals surface area (Å²) >= 11 is 0. The highest BCUT2D eigenvalue weighted by atomic mass is 16.7. The second kappa shape index (κ2) is 7.52. The van der Waals surface area contributed by atoms with E-state index >= 15 is 0 Å². The van der Waals surface area contributed by atoms with Crippen LogP contribution in [0.5, 0.6) is 28.7 Å². The monoisotopic (exact) mass is 394 g/mol. The van der Waals surface area contributed by atoms with Gasteiger partial charge in [0.15, 0.2) is 0 Å². The smallest absolute Gasteiger partial charge is 0.229 e. The van der Waals surface area contributed by atoms with Crippen LogP contribution in [0.4, 0.5) is 0 Å². The minimum atomic E-state index is -1.57. The standard InChI is InChI=1S/C18H18O10/c19-6-13-16(25)17(26)18(28-13)27-12-5-10(22)4-11(23)14(12)15(24)7-1-8(20)3-9(21)2-7/h1-5,13,16-23,25-26H,6H2. The predicted molar refractivity (Wildman–Crippen MR) is 91.4 cm³/mol. The molecule has 0 aromatic heterocycles. The fourth-order valence-electron chi connectivity index (χ4n) is 2.87. The number of aliphatic hydroxyl groups is 3. The van der Waals surface area contributed by atoms with E-state index in [1.165, 1.54) is 0 Å². The minimum absolute atomic E-state index is 0.190. The van der Waals surface area contributed by atoms with Crippen LogP contribution in [0.15, 0.2) is 30.3 Å². The highest BCUT2D eigenvalue weighted by Gasteiger charge is 2.44. The number of ketones is 1. The predicted octanol–water partition coefficient (Wildman–Crippen LogP) is -0.442. The molecule has 150 valence electrons. The highest BCUT2D eigenvalue weighted by molar-refractivity contribution is 6.13. The molecule has 0 bridgehead atoms. The maximum Gasteiger partial charge on any atom is 0.229 e. The van der Waals surface area contributed by atoms with Crippen molar-refractivity contribution in [1.29, 1.82) is 0 Å². The van der Waals surface area contributed by atoms with Gasteiger partial charge in [-0.25, -0.2) is 0 Å². The molecule has 4 unspecified atom stereocenters. The number of ether oxygens (including phenoxy) is 2. The van der Waals surface area contributed by atoms with Crippen molar-refractivity contribution in [2.75, 3.05) is 6.61 Å².